The minimum Gasteiger partial charge on any atom is -0.159 e. The predicted octanol–water partition coefficient (Wildman–Crippen LogP) is 3.32. The molecular weight excluding hydrogens is 140 g/mol. The SMILES string of the molecule is CCSC1CCCC(C)C1. The largest absolute Gasteiger partial charge is 0.159 e. The van der Waals surface area contributed by atoms with Crippen molar-refractivity contribution in [2.24, 2.45) is 5.92 Å². The molecule has 0 aromatic carbocycles. The van der Waals surface area contributed by atoms with Crippen LogP contribution in [0.5, 0.6) is 0 Å². The maximum atomic E-state index is 2.39. The van der Waals surface area contributed by atoms with Crippen LogP contribution < -0.4 is 0 Å². The van der Waals surface area contributed by atoms with E-state index < -0.39 is 0 Å². The highest BCUT2D eigenvalue weighted by Gasteiger charge is 2.17. The van der Waals surface area contributed by atoms with Crippen LogP contribution in [0.3, 0.4) is 0 Å². The van der Waals surface area contributed by atoms with Crippen molar-refractivity contribution in [3.63, 3.8) is 0 Å². The average molecular weight is 158 g/mol. The molecule has 2 atom stereocenters. The molecule has 1 aliphatic rings. The van der Waals surface area contributed by atoms with Gasteiger partial charge in [0.2, 0.25) is 0 Å². The zero-order valence-electron chi connectivity index (χ0n) is 7.10. The van der Waals surface area contributed by atoms with Crippen molar-refractivity contribution < 1.29 is 0 Å². The molecule has 1 rings (SSSR count). The Balaban J connectivity index is 2.18. The summed E-state index contributed by atoms with van der Waals surface area (Å²) < 4.78 is 0. The normalized spacial score (nSPS) is 34.2. The van der Waals surface area contributed by atoms with E-state index in [1.54, 1.807) is 0 Å². The van der Waals surface area contributed by atoms with Crippen LogP contribution in [0.4, 0.5) is 0 Å². The highest BCUT2D eigenvalue weighted by molar-refractivity contribution is 7.99. The number of thioether (sulfide) groups is 1. The second-order valence-electron chi connectivity index (χ2n) is 3.35. The number of hydrogen-bond donors (Lipinski definition) is 0. The summed E-state index contributed by atoms with van der Waals surface area (Å²) >= 11 is 2.16. The topological polar surface area (TPSA) is 0 Å². The Kier molecular flexibility index (Phi) is 3.61. The first-order chi connectivity index (χ1) is 4.83. The number of rotatable bonds is 2. The molecule has 0 heterocycles. The fourth-order valence-corrected chi connectivity index (χ4v) is 3.03. The van der Waals surface area contributed by atoms with E-state index in [-0.39, 0.29) is 0 Å². The maximum absolute atomic E-state index is 2.39. The van der Waals surface area contributed by atoms with E-state index in [0.717, 1.165) is 11.2 Å². The zero-order chi connectivity index (χ0) is 7.40. The van der Waals surface area contributed by atoms with E-state index in [2.05, 4.69) is 25.6 Å². The molecular formula is C9H18S. The van der Waals surface area contributed by atoms with Crippen LogP contribution >= 0.6 is 11.8 Å². The van der Waals surface area contributed by atoms with E-state index >= 15 is 0 Å². The van der Waals surface area contributed by atoms with Crippen LogP contribution in [0.1, 0.15) is 39.5 Å². The molecule has 1 fully saturated rings. The van der Waals surface area contributed by atoms with Crippen LogP contribution in [0.15, 0.2) is 0 Å². The van der Waals surface area contributed by atoms with Crippen molar-refractivity contribution in [3.05, 3.63) is 0 Å². The summed E-state index contributed by atoms with van der Waals surface area (Å²) in [5.74, 6) is 2.30. The molecule has 0 N–H and O–H groups in total. The van der Waals surface area contributed by atoms with E-state index in [4.69, 9.17) is 0 Å². The van der Waals surface area contributed by atoms with Gasteiger partial charge in [-0.25, -0.2) is 0 Å². The molecule has 1 saturated carbocycles. The van der Waals surface area contributed by atoms with Crippen LogP contribution in [0.2, 0.25) is 0 Å². The third-order valence-electron chi connectivity index (χ3n) is 2.29. The van der Waals surface area contributed by atoms with E-state index in [9.17, 15) is 0 Å². The third kappa shape index (κ3) is 2.53. The van der Waals surface area contributed by atoms with Crippen LogP contribution in [0, 0.1) is 5.92 Å². The van der Waals surface area contributed by atoms with Gasteiger partial charge in [0.15, 0.2) is 0 Å². The summed E-state index contributed by atoms with van der Waals surface area (Å²) in [4.78, 5) is 0. The van der Waals surface area contributed by atoms with Gasteiger partial charge in [0.1, 0.15) is 0 Å². The van der Waals surface area contributed by atoms with Crippen molar-refractivity contribution in [2.75, 3.05) is 5.75 Å². The first kappa shape index (κ1) is 8.45. The minimum absolute atomic E-state index is 0.994. The van der Waals surface area contributed by atoms with Crippen molar-refractivity contribution >= 4 is 11.8 Å². The molecule has 0 radical (unpaired) electrons. The summed E-state index contributed by atoms with van der Waals surface area (Å²) in [7, 11) is 0. The highest BCUT2D eigenvalue weighted by atomic mass is 32.2. The van der Waals surface area contributed by atoms with Gasteiger partial charge in [0.25, 0.3) is 0 Å². The van der Waals surface area contributed by atoms with Crippen LogP contribution in [-0.2, 0) is 0 Å². The van der Waals surface area contributed by atoms with Gasteiger partial charge >= 0.3 is 0 Å². The highest BCUT2D eigenvalue weighted by Crippen LogP contribution is 2.31. The standard InChI is InChI=1S/C9H18S/c1-3-10-9-6-4-5-8(2)7-9/h8-9H,3-7H2,1-2H3. The lowest BCUT2D eigenvalue weighted by Crippen LogP contribution is -2.15. The average Bonchev–Trinajstić information content (AvgIpc) is 1.88. The third-order valence-corrected chi connectivity index (χ3v) is 3.52. The van der Waals surface area contributed by atoms with Crippen molar-refractivity contribution in [1.82, 2.24) is 0 Å². The molecule has 0 nitrogen and oxygen atoms in total. The van der Waals surface area contributed by atoms with Crippen LogP contribution in [0.25, 0.3) is 0 Å². The van der Waals surface area contributed by atoms with Gasteiger partial charge in [-0.15, -0.1) is 0 Å². The summed E-state index contributed by atoms with van der Waals surface area (Å²) in [5.41, 5.74) is 0. The molecule has 0 amide bonds. The quantitative estimate of drug-likeness (QED) is 0.594. The van der Waals surface area contributed by atoms with Crippen molar-refractivity contribution in [2.45, 2.75) is 44.8 Å². The summed E-state index contributed by atoms with van der Waals surface area (Å²) in [6, 6.07) is 0. The van der Waals surface area contributed by atoms with Gasteiger partial charge in [-0.2, -0.15) is 11.8 Å². The van der Waals surface area contributed by atoms with Gasteiger partial charge in [-0.05, 0) is 24.5 Å². The van der Waals surface area contributed by atoms with Crippen molar-refractivity contribution in [1.29, 1.82) is 0 Å². The van der Waals surface area contributed by atoms with Gasteiger partial charge in [-0.1, -0.05) is 26.7 Å². The fraction of sp³-hybridized carbons (Fsp3) is 1.00. The fourth-order valence-electron chi connectivity index (χ4n) is 1.77. The summed E-state index contributed by atoms with van der Waals surface area (Å²) in [5, 5.41) is 0.994. The molecule has 1 heteroatoms. The monoisotopic (exact) mass is 158 g/mol. The lowest BCUT2D eigenvalue weighted by molar-refractivity contribution is 0.394. The second-order valence-corrected chi connectivity index (χ2v) is 4.93. The summed E-state index contributed by atoms with van der Waals surface area (Å²) in [6.45, 7) is 4.66. The van der Waals surface area contributed by atoms with Crippen LogP contribution in [-0.4, -0.2) is 11.0 Å². The molecule has 1 aliphatic carbocycles. The Morgan fingerprint density at radius 3 is 2.80 bits per heavy atom. The molecule has 10 heavy (non-hydrogen) atoms. The van der Waals surface area contributed by atoms with E-state index in [1.807, 2.05) is 0 Å². The number of hydrogen-bond acceptors (Lipinski definition) is 1. The lowest BCUT2D eigenvalue weighted by atomic mass is 9.91. The maximum Gasteiger partial charge on any atom is 0.00494 e. The van der Waals surface area contributed by atoms with Crippen molar-refractivity contribution in [3.8, 4) is 0 Å². The van der Waals surface area contributed by atoms with Gasteiger partial charge in [0, 0.05) is 5.25 Å². The molecule has 0 saturated heterocycles. The first-order valence-electron chi connectivity index (χ1n) is 4.44. The Labute approximate surface area is 68.8 Å². The second kappa shape index (κ2) is 4.27. The molecule has 0 aromatic rings. The molecule has 60 valence electrons. The summed E-state index contributed by atoms with van der Waals surface area (Å²) in [6.07, 6.45) is 5.89. The Morgan fingerprint density at radius 1 is 1.40 bits per heavy atom. The Morgan fingerprint density at radius 2 is 2.20 bits per heavy atom. The predicted molar refractivity (Wildman–Crippen MR) is 49.6 cm³/mol. The van der Waals surface area contributed by atoms with Gasteiger partial charge < -0.3 is 0 Å². The Bertz CT molecular complexity index is 88.7. The molecule has 0 aliphatic heterocycles. The molecule has 2 unspecified atom stereocenters. The minimum atomic E-state index is 0.994. The van der Waals surface area contributed by atoms with Gasteiger partial charge in [-0.3, -0.25) is 0 Å². The van der Waals surface area contributed by atoms with E-state index in [0.29, 0.717) is 0 Å². The Hall–Kier alpha value is 0.350. The molecule has 0 spiro atoms. The smallest absolute Gasteiger partial charge is 0.00494 e. The molecule has 0 aromatic heterocycles. The molecule has 0 bridgehead atoms. The lowest BCUT2D eigenvalue weighted by Gasteiger charge is -2.25. The zero-order valence-corrected chi connectivity index (χ0v) is 7.91. The van der Waals surface area contributed by atoms with E-state index in [1.165, 1.54) is 31.4 Å². The van der Waals surface area contributed by atoms with Gasteiger partial charge in [0.05, 0.1) is 0 Å². The first-order valence-corrected chi connectivity index (χ1v) is 5.49.